The number of nitrogens with zero attached hydrogens (tertiary/aromatic N) is 3. The smallest absolute Gasteiger partial charge is 0.349 e. The standard InChI is InChI=1S/C18H18F3N5O/c1-9-12-5-14(26-16(9)12)17(27)23-7-11-4-13(25-8-24-11)10-2-3-15(22-6-10)18(19,20)21/h2-4,6,8-9,12,14,16,26H,5,7H2,1H3,(H,23,27). The van der Waals surface area contributed by atoms with E-state index in [9.17, 15) is 18.0 Å². The SMILES string of the molecule is CC1C2CC(C(=O)NCc3cc(-c4ccc(C(F)(F)F)nc4)ncn3)NC12. The molecule has 2 aliphatic rings. The minimum atomic E-state index is -4.48. The van der Waals surface area contributed by atoms with Gasteiger partial charge in [-0.05, 0) is 36.5 Å². The Balaban J connectivity index is 1.38. The minimum Gasteiger partial charge on any atom is -0.349 e. The highest BCUT2D eigenvalue weighted by Gasteiger charge is 2.54. The number of aromatic nitrogens is 3. The maximum atomic E-state index is 12.6. The summed E-state index contributed by atoms with van der Waals surface area (Å²) in [5, 5.41) is 6.17. The maximum Gasteiger partial charge on any atom is 0.433 e. The molecule has 4 unspecified atom stereocenters. The van der Waals surface area contributed by atoms with Gasteiger partial charge in [0.15, 0.2) is 0 Å². The summed E-state index contributed by atoms with van der Waals surface area (Å²) in [4.78, 5) is 23.9. The van der Waals surface area contributed by atoms with Gasteiger partial charge in [0, 0.05) is 17.8 Å². The van der Waals surface area contributed by atoms with Gasteiger partial charge in [0.25, 0.3) is 0 Å². The van der Waals surface area contributed by atoms with Crippen molar-refractivity contribution in [2.24, 2.45) is 11.8 Å². The molecule has 2 fully saturated rings. The average molecular weight is 377 g/mol. The summed E-state index contributed by atoms with van der Waals surface area (Å²) in [5.74, 6) is 1.18. The second-order valence-electron chi connectivity index (χ2n) is 7.05. The lowest BCUT2D eigenvalue weighted by Gasteiger charge is -2.14. The number of carbonyl (C=O) groups is 1. The van der Waals surface area contributed by atoms with Gasteiger partial charge >= 0.3 is 6.18 Å². The van der Waals surface area contributed by atoms with Crippen molar-refractivity contribution in [3.8, 4) is 11.3 Å². The van der Waals surface area contributed by atoms with Crippen LogP contribution in [0.25, 0.3) is 11.3 Å². The molecule has 2 aromatic heterocycles. The zero-order valence-corrected chi connectivity index (χ0v) is 14.5. The summed E-state index contributed by atoms with van der Waals surface area (Å²) in [7, 11) is 0. The number of piperidine rings is 1. The Morgan fingerprint density at radius 1 is 1.30 bits per heavy atom. The first-order chi connectivity index (χ1) is 12.8. The highest BCUT2D eigenvalue weighted by atomic mass is 19.4. The zero-order valence-electron chi connectivity index (χ0n) is 14.5. The van der Waals surface area contributed by atoms with E-state index in [1.807, 2.05) is 0 Å². The Hall–Kier alpha value is -2.55. The first-order valence-corrected chi connectivity index (χ1v) is 8.71. The van der Waals surface area contributed by atoms with Crippen LogP contribution in [0.1, 0.15) is 24.7 Å². The largest absolute Gasteiger partial charge is 0.433 e. The molecule has 0 radical (unpaired) electrons. The Morgan fingerprint density at radius 3 is 2.74 bits per heavy atom. The third-order valence-electron chi connectivity index (χ3n) is 5.30. The lowest BCUT2D eigenvalue weighted by Crippen LogP contribution is -2.42. The van der Waals surface area contributed by atoms with Gasteiger partial charge in [-0.2, -0.15) is 13.2 Å². The molecule has 1 aliphatic heterocycles. The van der Waals surface area contributed by atoms with Gasteiger partial charge in [-0.3, -0.25) is 9.78 Å². The summed E-state index contributed by atoms with van der Waals surface area (Å²) in [6, 6.07) is 4.15. The zero-order chi connectivity index (χ0) is 19.2. The molecule has 1 aliphatic carbocycles. The number of rotatable bonds is 4. The maximum absolute atomic E-state index is 12.6. The van der Waals surface area contributed by atoms with Crippen LogP contribution in [0.15, 0.2) is 30.7 Å². The van der Waals surface area contributed by atoms with Crippen LogP contribution in [0.5, 0.6) is 0 Å². The predicted octanol–water partition coefficient (Wildman–Crippen LogP) is 2.17. The molecule has 27 heavy (non-hydrogen) atoms. The van der Waals surface area contributed by atoms with Gasteiger partial charge in [0.2, 0.25) is 5.91 Å². The molecule has 4 rings (SSSR count). The number of halogens is 3. The number of fused-ring (bicyclic) bond motifs is 1. The molecule has 1 saturated heterocycles. The summed E-state index contributed by atoms with van der Waals surface area (Å²) in [5.41, 5.74) is 0.517. The molecule has 1 saturated carbocycles. The third-order valence-corrected chi connectivity index (χ3v) is 5.30. The molecule has 0 spiro atoms. The first kappa shape index (κ1) is 17.8. The number of hydrogen-bond donors (Lipinski definition) is 2. The summed E-state index contributed by atoms with van der Waals surface area (Å²) in [6.07, 6.45) is -1.18. The number of carbonyl (C=O) groups excluding carboxylic acids is 1. The molecule has 4 atom stereocenters. The molecule has 0 aromatic carbocycles. The number of alkyl halides is 3. The van der Waals surface area contributed by atoms with E-state index in [0.717, 1.165) is 18.7 Å². The molecule has 142 valence electrons. The molecular formula is C18H18F3N5O. The Morgan fingerprint density at radius 2 is 2.11 bits per heavy atom. The summed E-state index contributed by atoms with van der Waals surface area (Å²) >= 11 is 0. The molecule has 2 N–H and O–H groups in total. The highest BCUT2D eigenvalue weighted by molar-refractivity contribution is 5.82. The van der Waals surface area contributed by atoms with Crippen LogP contribution in [0.4, 0.5) is 13.2 Å². The van der Waals surface area contributed by atoms with E-state index in [0.29, 0.717) is 34.8 Å². The molecule has 1 amide bonds. The van der Waals surface area contributed by atoms with Crippen LogP contribution in [0.2, 0.25) is 0 Å². The van der Waals surface area contributed by atoms with Crippen LogP contribution >= 0.6 is 0 Å². The van der Waals surface area contributed by atoms with Crippen molar-refractivity contribution < 1.29 is 18.0 Å². The van der Waals surface area contributed by atoms with E-state index >= 15 is 0 Å². The van der Waals surface area contributed by atoms with Gasteiger partial charge in [-0.25, -0.2) is 9.97 Å². The number of amides is 1. The molecule has 3 heterocycles. The van der Waals surface area contributed by atoms with Crippen LogP contribution in [0.3, 0.4) is 0 Å². The van der Waals surface area contributed by atoms with Crippen molar-refractivity contribution in [2.45, 2.75) is 38.1 Å². The van der Waals surface area contributed by atoms with Crippen LogP contribution in [-0.4, -0.2) is 32.9 Å². The first-order valence-electron chi connectivity index (χ1n) is 8.71. The molecule has 0 bridgehead atoms. The fourth-order valence-electron chi connectivity index (χ4n) is 3.60. The van der Waals surface area contributed by atoms with E-state index in [2.05, 4.69) is 32.5 Å². The van der Waals surface area contributed by atoms with E-state index in [1.165, 1.54) is 12.4 Å². The number of pyridine rings is 1. The second-order valence-corrected chi connectivity index (χ2v) is 7.05. The van der Waals surface area contributed by atoms with E-state index in [1.54, 1.807) is 6.07 Å². The van der Waals surface area contributed by atoms with Crippen molar-refractivity contribution in [1.29, 1.82) is 0 Å². The van der Waals surface area contributed by atoms with Gasteiger partial charge in [-0.15, -0.1) is 0 Å². The van der Waals surface area contributed by atoms with E-state index in [4.69, 9.17) is 0 Å². The second kappa shape index (κ2) is 6.56. The van der Waals surface area contributed by atoms with E-state index in [-0.39, 0.29) is 18.5 Å². The summed E-state index contributed by atoms with van der Waals surface area (Å²) < 4.78 is 37.8. The van der Waals surface area contributed by atoms with Crippen LogP contribution in [0, 0.1) is 11.8 Å². The Kier molecular flexibility index (Phi) is 4.33. The van der Waals surface area contributed by atoms with Crippen LogP contribution in [-0.2, 0) is 17.5 Å². The fraction of sp³-hybridized carbons (Fsp3) is 0.444. The van der Waals surface area contributed by atoms with Crippen molar-refractivity contribution in [3.05, 3.63) is 42.1 Å². The predicted molar refractivity (Wildman–Crippen MR) is 90.1 cm³/mol. The molecule has 2 aromatic rings. The summed E-state index contributed by atoms with van der Waals surface area (Å²) in [6.45, 7) is 2.40. The van der Waals surface area contributed by atoms with Gasteiger partial charge in [0.05, 0.1) is 24.0 Å². The quantitative estimate of drug-likeness (QED) is 0.854. The number of nitrogens with one attached hydrogen (secondary N) is 2. The van der Waals surface area contributed by atoms with Crippen molar-refractivity contribution >= 4 is 5.91 Å². The molecule has 9 heteroatoms. The topological polar surface area (TPSA) is 79.8 Å². The van der Waals surface area contributed by atoms with Crippen molar-refractivity contribution in [3.63, 3.8) is 0 Å². The van der Waals surface area contributed by atoms with Gasteiger partial charge < -0.3 is 10.6 Å². The minimum absolute atomic E-state index is 0.0641. The van der Waals surface area contributed by atoms with Crippen molar-refractivity contribution in [2.75, 3.05) is 0 Å². The monoisotopic (exact) mass is 377 g/mol. The number of hydrogen-bond acceptors (Lipinski definition) is 5. The third kappa shape index (κ3) is 3.64. The molecule has 6 nitrogen and oxygen atoms in total. The van der Waals surface area contributed by atoms with Crippen molar-refractivity contribution in [1.82, 2.24) is 25.6 Å². The molecular weight excluding hydrogens is 359 g/mol. The Bertz CT molecular complexity index is 843. The lowest BCUT2D eigenvalue weighted by atomic mass is 10.1. The average Bonchev–Trinajstić information content (AvgIpc) is 3.06. The fourth-order valence-corrected chi connectivity index (χ4v) is 3.60. The van der Waals surface area contributed by atoms with Gasteiger partial charge in [0.1, 0.15) is 12.0 Å². The highest BCUT2D eigenvalue weighted by Crippen LogP contribution is 2.46. The van der Waals surface area contributed by atoms with Gasteiger partial charge in [-0.1, -0.05) is 6.92 Å². The normalized spacial score (nSPS) is 26.5. The van der Waals surface area contributed by atoms with Crippen LogP contribution < -0.4 is 10.6 Å². The lowest BCUT2D eigenvalue weighted by molar-refractivity contribution is -0.141. The Labute approximate surface area is 153 Å². The van der Waals surface area contributed by atoms with E-state index < -0.39 is 11.9 Å².